The first kappa shape index (κ1) is 23.3. The van der Waals surface area contributed by atoms with Crippen molar-refractivity contribution in [2.24, 2.45) is 0 Å². The molecule has 0 aliphatic carbocycles. The Hall–Kier alpha value is -4.83. The number of carbonyl (C=O) groups excluding carboxylic acids is 2. The van der Waals surface area contributed by atoms with Crippen molar-refractivity contribution in [2.45, 2.75) is 0 Å². The Bertz CT molecular complexity index is 1420. The van der Waals surface area contributed by atoms with E-state index in [1.165, 1.54) is 36.4 Å². The van der Waals surface area contributed by atoms with E-state index in [-0.39, 0.29) is 28.8 Å². The zero-order chi connectivity index (χ0) is 24.8. The van der Waals surface area contributed by atoms with E-state index in [1.54, 1.807) is 48.5 Å². The first-order valence-electron chi connectivity index (χ1n) is 10.1. The predicted octanol–water partition coefficient (Wildman–Crippen LogP) is 5.20. The van der Waals surface area contributed by atoms with Gasteiger partial charge in [0.15, 0.2) is 0 Å². The summed E-state index contributed by atoms with van der Waals surface area (Å²) in [6, 6.07) is 18.7. The van der Waals surface area contributed by atoms with Gasteiger partial charge in [0.25, 0.3) is 11.6 Å². The number of benzene rings is 3. The third kappa shape index (κ3) is 5.95. The van der Waals surface area contributed by atoms with Crippen LogP contribution < -0.4 is 10.6 Å². The molecule has 0 unspecified atom stereocenters. The Balaban J connectivity index is 1.44. The number of nitrogens with zero attached hydrogens (tertiary/aromatic N) is 3. The fraction of sp³-hybridized carbons (Fsp3) is 0. The number of para-hydroxylation sites is 1. The molecule has 0 saturated carbocycles. The summed E-state index contributed by atoms with van der Waals surface area (Å²) in [4.78, 5) is 35.4. The molecule has 0 spiro atoms. The van der Waals surface area contributed by atoms with Crippen molar-refractivity contribution in [1.29, 1.82) is 0 Å². The number of anilines is 2. The fourth-order valence-corrected chi connectivity index (χ4v) is 3.12. The normalized spacial score (nSPS) is 10.8. The van der Waals surface area contributed by atoms with Gasteiger partial charge in [0.05, 0.1) is 16.2 Å². The highest BCUT2D eigenvalue weighted by atomic mass is 35.5. The van der Waals surface area contributed by atoms with Crippen LogP contribution in [0, 0.1) is 10.1 Å². The highest BCUT2D eigenvalue weighted by Crippen LogP contribution is 2.23. The number of aromatic nitrogens is 2. The topological polar surface area (TPSA) is 140 Å². The maximum Gasteiger partial charge on any atom is 0.322 e. The summed E-state index contributed by atoms with van der Waals surface area (Å²) >= 11 is 5.86. The summed E-state index contributed by atoms with van der Waals surface area (Å²) in [6.45, 7) is 0. The van der Waals surface area contributed by atoms with E-state index >= 15 is 0 Å². The molecule has 0 radical (unpaired) electrons. The van der Waals surface area contributed by atoms with Crippen LogP contribution in [0.15, 0.2) is 83.3 Å². The zero-order valence-corrected chi connectivity index (χ0v) is 18.6. The monoisotopic (exact) mass is 489 g/mol. The van der Waals surface area contributed by atoms with Gasteiger partial charge in [0.2, 0.25) is 11.8 Å². The van der Waals surface area contributed by atoms with Crippen molar-refractivity contribution in [1.82, 2.24) is 10.2 Å². The van der Waals surface area contributed by atoms with Crippen LogP contribution >= 0.6 is 11.6 Å². The molecule has 4 aromatic rings. The minimum atomic E-state index is -0.582. The van der Waals surface area contributed by atoms with Crippen LogP contribution in [0.5, 0.6) is 0 Å². The molecule has 10 nitrogen and oxygen atoms in total. The molecular formula is C24H16ClN5O5. The summed E-state index contributed by atoms with van der Waals surface area (Å²) in [6.07, 6.45) is 2.96. The Morgan fingerprint density at radius 1 is 0.943 bits per heavy atom. The summed E-state index contributed by atoms with van der Waals surface area (Å²) in [5, 5.41) is 24.2. The highest BCUT2D eigenvalue weighted by molar-refractivity contribution is 6.30. The van der Waals surface area contributed by atoms with Gasteiger partial charge in [0.1, 0.15) is 0 Å². The summed E-state index contributed by atoms with van der Waals surface area (Å²) in [5.74, 6) is -0.941. The molecule has 0 saturated heterocycles. The molecule has 3 aromatic carbocycles. The minimum absolute atomic E-state index is 0.0733. The van der Waals surface area contributed by atoms with Crippen LogP contribution in [-0.2, 0) is 4.79 Å². The van der Waals surface area contributed by atoms with Gasteiger partial charge in [-0.1, -0.05) is 41.0 Å². The lowest BCUT2D eigenvalue weighted by atomic mass is 10.1. The molecule has 174 valence electrons. The van der Waals surface area contributed by atoms with Crippen LogP contribution in [0.2, 0.25) is 5.02 Å². The maximum atomic E-state index is 12.8. The number of halogens is 1. The Morgan fingerprint density at radius 2 is 1.66 bits per heavy atom. The molecule has 0 atom stereocenters. The molecule has 35 heavy (non-hydrogen) atoms. The first-order chi connectivity index (χ1) is 16.9. The molecule has 0 aliphatic heterocycles. The molecule has 2 amide bonds. The van der Waals surface area contributed by atoms with Crippen molar-refractivity contribution in [3.05, 3.63) is 105 Å². The summed E-state index contributed by atoms with van der Waals surface area (Å²) in [5.41, 5.74) is 1.62. The van der Waals surface area contributed by atoms with Crippen molar-refractivity contribution >= 4 is 46.9 Å². The Morgan fingerprint density at radius 3 is 2.37 bits per heavy atom. The van der Waals surface area contributed by atoms with Crippen molar-refractivity contribution in [2.75, 3.05) is 10.6 Å². The van der Waals surface area contributed by atoms with Crippen molar-refractivity contribution in [3.63, 3.8) is 0 Å². The lowest BCUT2D eigenvalue weighted by Gasteiger charge is -2.08. The molecule has 11 heteroatoms. The average molecular weight is 490 g/mol. The highest BCUT2D eigenvalue weighted by Gasteiger charge is 2.17. The van der Waals surface area contributed by atoms with Crippen LogP contribution in [0.1, 0.15) is 15.9 Å². The SMILES string of the molecule is O=C(/C=C/c1ccc(Cl)cc1)Nc1ccccc1C(=O)Nc1nnc(-c2ccc([N+](=O)[O-])cc2)o1. The molecule has 0 bridgehead atoms. The van der Waals surface area contributed by atoms with Crippen LogP contribution in [-0.4, -0.2) is 26.9 Å². The van der Waals surface area contributed by atoms with Crippen molar-refractivity contribution in [3.8, 4) is 11.5 Å². The van der Waals surface area contributed by atoms with Crippen LogP contribution in [0.4, 0.5) is 17.4 Å². The van der Waals surface area contributed by atoms with Crippen molar-refractivity contribution < 1.29 is 18.9 Å². The maximum absolute atomic E-state index is 12.8. The second-order valence-corrected chi connectivity index (χ2v) is 7.53. The van der Waals surface area contributed by atoms with Crippen LogP contribution in [0.25, 0.3) is 17.5 Å². The van der Waals surface area contributed by atoms with Gasteiger partial charge in [-0.15, -0.1) is 5.10 Å². The molecule has 0 aliphatic rings. The van der Waals surface area contributed by atoms with Gasteiger partial charge in [0, 0.05) is 28.8 Å². The second-order valence-electron chi connectivity index (χ2n) is 7.09. The molecular weight excluding hydrogens is 474 g/mol. The number of amides is 2. The first-order valence-corrected chi connectivity index (χ1v) is 10.5. The lowest BCUT2D eigenvalue weighted by molar-refractivity contribution is -0.384. The quantitative estimate of drug-likeness (QED) is 0.206. The minimum Gasteiger partial charge on any atom is -0.403 e. The lowest BCUT2D eigenvalue weighted by Crippen LogP contribution is -2.17. The predicted molar refractivity (Wildman–Crippen MR) is 130 cm³/mol. The van der Waals surface area contributed by atoms with Gasteiger partial charge < -0.3 is 9.73 Å². The number of nitro benzene ring substituents is 1. The largest absolute Gasteiger partial charge is 0.403 e. The number of nitrogens with one attached hydrogen (secondary N) is 2. The fourth-order valence-electron chi connectivity index (χ4n) is 2.99. The van der Waals surface area contributed by atoms with Gasteiger partial charge in [-0.25, -0.2) is 0 Å². The number of hydrogen-bond donors (Lipinski definition) is 2. The molecule has 2 N–H and O–H groups in total. The van der Waals surface area contributed by atoms with E-state index < -0.39 is 16.7 Å². The third-order valence-electron chi connectivity index (χ3n) is 4.70. The van der Waals surface area contributed by atoms with E-state index in [2.05, 4.69) is 20.8 Å². The molecule has 4 rings (SSSR count). The van der Waals surface area contributed by atoms with E-state index in [9.17, 15) is 19.7 Å². The van der Waals surface area contributed by atoms with Gasteiger partial charge in [-0.05, 0) is 48.0 Å². The zero-order valence-electron chi connectivity index (χ0n) is 17.8. The smallest absolute Gasteiger partial charge is 0.322 e. The van der Waals surface area contributed by atoms with E-state index in [1.807, 2.05) is 0 Å². The number of nitro groups is 1. The molecule has 1 heterocycles. The Labute approximate surface area is 203 Å². The van der Waals surface area contributed by atoms with Gasteiger partial charge in [-0.2, -0.15) is 0 Å². The number of rotatable bonds is 7. The van der Waals surface area contributed by atoms with Gasteiger partial charge >= 0.3 is 6.01 Å². The number of non-ortho nitro benzene ring substituents is 1. The van der Waals surface area contributed by atoms with Gasteiger partial charge in [-0.3, -0.25) is 25.0 Å². The average Bonchev–Trinajstić information content (AvgIpc) is 3.32. The van der Waals surface area contributed by atoms with E-state index in [0.29, 0.717) is 10.6 Å². The summed E-state index contributed by atoms with van der Waals surface area (Å²) in [7, 11) is 0. The van der Waals surface area contributed by atoms with E-state index in [0.717, 1.165) is 5.56 Å². The number of hydrogen-bond acceptors (Lipinski definition) is 7. The Kier molecular flexibility index (Phi) is 6.94. The summed E-state index contributed by atoms with van der Waals surface area (Å²) < 4.78 is 5.45. The molecule has 0 fully saturated rings. The van der Waals surface area contributed by atoms with E-state index in [4.69, 9.17) is 16.0 Å². The molecule has 1 aromatic heterocycles. The van der Waals surface area contributed by atoms with Crippen LogP contribution in [0.3, 0.4) is 0 Å². The third-order valence-corrected chi connectivity index (χ3v) is 4.95. The standard InChI is InChI=1S/C24H16ClN5O5/c25-17-10-5-15(6-11-17)7-14-21(31)26-20-4-2-1-3-19(20)22(32)27-24-29-28-23(35-24)16-8-12-18(13-9-16)30(33)34/h1-14H,(H,26,31)(H,27,29,32)/b14-7+. The second kappa shape index (κ2) is 10.4. The number of carbonyl (C=O) groups is 2.